The first-order valence-electron chi connectivity index (χ1n) is 10.1. The van der Waals surface area contributed by atoms with Crippen LogP contribution in [0, 0.1) is 0 Å². The highest BCUT2D eigenvalue weighted by atomic mass is 32.2. The Balaban J connectivity index is 1.55. The van der Waals surface area contributed by atoms with Gasteiger partial charge in [0.1, 0.15) is 23.4 Å². The highest BCUT2D eigenvalue weighted by Crippen LogP contribution is 2.28. The van der Waals surface area contributed by atoms with E-state index in [-0.39, 0.29) is 24.0 Å². The van der Waals surface area contributed by atoms with Crippen molar-refractivity contribution in [3.63, 3.8) is 0 Å². The van der Waals surface area contributed by atoms with E-state index in [1.165, 1.54) is 19.4 Å². The number of ether oxygens (including phenoxy) is 2. The minimum Gasteiger partial charge on any atom is -0.485 e. The number of rotatable bonds is 8. The molecule has 3 aromatic rings. The van der Waals surface area contributed by atoms with Gasteiger partial charge in [-0.2, -0.15) is 5.10 Å². The van der Waals surface area contributed by atoms with Crippen LogP contribution in [0.1, 0.15) is 28.3 Å². The van der Waals surface area contributed by atoms with E-state index in [2.05, 4.69) is 20.3 Å². The second-order valence-electron chi connectivity index (χ2n) is 7.09. The van der Waals surface area contributed by atoms with E-state index in [4.69, 9.17) is 14.3 Å². The quantitative estimate of drug-likeness (QED) is 0.284. The number of amidine groups is 1. The van der Waals surface area contributed by atoms with E-state index in [1.807, 2.05) is 30.3 Å². The first-order valence-corrected chi connectivity index (χ1v) is 10.9. The van der Waals surface area contributed by atoms with Crippen LogP contribution in [-0.4, -0.2) is 46.7 Å². The Morgan fingerprint density at radius 1 is 1.21 bits per heavy atom. The summed E-state index contributed by atoms with van der Waals surface area (Å²) in [5.41, 5.74) is 0.651. The standard InChI is InChI=1S/C23H19N3O7S/c1-31-22(30)18-9-7-14(33-18)12-32-17-8-6-13-4-2-3-5-15(13)16(17)11-24-26-23-25-21(29)19(34-23)10-20(27)28/h2-9,11,19H,10,12H2,1H3,(H,27,28)(H,25,26,29). The number of carbonyl (C=O) groups excluding carboxylic acids is 2. The van der Waals surface area contributed by atoms with Crippen molar-refractivity contribution in [1.29, 1.82) is 0 Å². The molecule has 11 heteroatoms. The lowest BCUT2D eigenvalue weighted by atomic mass is 10.0. The zero-order valence-corrected chi connectivity index (χ0v) is 18.7. The number of benzene rings is 2. The van der Waals surface area contributed by atoms with Crippen LogP contribution in [0.2, 0.25) is 0 Å². The maximum Gasteiger partial charge on any atom is 0.373 e. The molecule has 1 unspecified atom stereocenters. The van der Waals surface area contributed by atoms with E-state index in [0.717, 1.165) is 22.5 Å². The van der Waals surface area contributed by atoms with Crippen molar-refractivity contribution in [2.24, 2.45) is 10.2 Å². The smallest absolute Gasteiger partial charge is 0.373 e. The highest BCUT2D eigenvalue weighted by molar-refractivity contribution is 8.15. The van der Waals surface area contributed by atoms with Gasteiger partial charge in [0.2, 0.25) is 11.7 Å². The van der Waals surface area contributed by atoms with Crippen molar-refractivity contribution in [2.45, 2.75) is 18.3 Å². The fourth-order valence-electron chi connectivity index (χ4n) is 3.23. The number of nitrogens with one attached hydrogen (secondary N) is 1. The summed E-state index contributed by atoms with van der Waals surface area (Å²) < 4.78 is 16.0. The van der Waals surface area contributed by atoms with Crippen LogP contribution in [0.25, 0.3) is 10.8 Å². The summed E-state index contributed by atoms with van der Waals surface area (Å²) in [6.45, 7) is 0.0630. The number of fused-ring (bicyclic) bond motifs is 1. The van der Waals surface area contributed by atoms with Gasteiger partial charge in [0.15, 0.2) is 5.17 Å². The van der Waals surface area contributed by atoms with E-state index in [1.54, 1.807) is 12.1 Å². The fraction of sp³-hybridized carbons (Fsp3) is 0.174. The van der Waals surface area contributed by atoms with Crippen molar-refractivity contribution >= 4 is 51.8 Å². The highest BCUT2D eigenvalue weighted by Gasteiger charge is 2.32. The predicted molar refractivity (Wildman–Crippen MR) is 125 cm³/mol. The lowest BCUT2D eigenvalue weighted by Gasteiger charge is -2.10. The number of nitrogens with zero attached hydrogens (tertiary/aromatic N) is 2. The lowest BCUT2D eigenvalue weighted by molar-refractivity contribution is -0.138. The number of hydrogen-bond acceptors (Lipinski definition) is 9. The maximum absolute atomic E-state index is 11.9. The van der Waals surface area contributed by atoms with Gasteiger partial charge in [0, 0.05) is 5.56 Å². The topological polar surface area (TPSA) is 140 Å². The molecule has 0 saturated carbocycles. The molecule has 174 valence electrons. The molecule has 34 heavy (non-hydrogen) atoms. The monoisotopic (exact) mass is 481 g/mol. The Kier molecular flexibility index (Phi) is 6.93. The van der Waals surface area contributed by atoms with Crippen LogP contribution in [0.15, 0.2) is 63.2 Å². The molecule has 1 saturated heterocycles. The van der Waals surface area contributed by atoms with Crippen LogP contribution >= 0.6 is 11.8 Å². The van der Waals surface area contributed by atoms with Crippen molar-refractivity contribution < 1.29 is 33.4 Å². The molecule has 10 nitrogen and oxygen atoms in total. The number of carboxylic acid groups (broad SMARTS) is 1. The fourth-order valence-corrected chi connectivity index (χ4v) is 4.15. The molecule has 2 N–H and O–H groups in total. The number of methoxy groups -OCH3 is 1. The maximum atomic E-state index is 11.9. The summed E-state index contributed by atoms with van der Waals surface area (Å²) >= 11 is 1.02. The third-order valence-corrected chi connectivity index (χ3v) is 5.89. The van der Waals surface area contributed by atoms with Gasteiger partial charge in [-0.05, 0) is 29.0 Å². The molecule has 0 spiro atoms. The Morgan fingerprint density at radius 3 is 2.82 bits per heavy atom. The Labute approximate surface area is 197 Å². The molecule has 2 heterocycles. The third-order valence-electron chi connectivity index (χ3n) is 4.82. The molecule has 0 radical (unpaired) electrons. The summed E-state index contributed by atoms with van der Waals surface area (Å²) in [7, 11) is 1.27. The Bertz CT molecular complexity index is 1310. The second kappa shape index (κ2) is 10.2. The largest absolute Gasteiger partial charge is 0.485 e. The van der Waals surface area contributed by atoms with Gasteiger partial charge in [0.05, 0.1) is 19.7 Å². The first kappa shape index (κ1) is 23.1. The zero-order chi connectivity index (χ0) is 24.1. The van der Waals surface area contributed by atoms with Crippen LogP contribution in [-0.2, 0) is 20.9 Å². The van der Waals surface area contributed by atoms with E-state index < -0.39 is 23.1 Å². The summed E-state index contributed by atoms with van der Waals surface area (Å²) in [5.74, 6) is -1.04. The summed E-state index contributed by atoms with van der Waals surface area (Å²) in [4.78, 5) is 34.3. The minimum atomic E-state index is -1.06. The van der Waals surface area contributed by atoms with Crippen LogP contribution in [0.5, 0.6) is 5.75 Å². The van der Waals surface area contributed by atoms with Gasteiger partial charge < -0.3 is 24.3 Å². The second-order valence-corrected chi connectivity index (χ2v) is 8.28. The minimum absolute atomic E-state index is 0.0630. The van der Waals surface area contributed by atoms with Crippen LogP contribution in [0.3, 0.4) is 0 Å². The van der Waals surface area contributed by atoms with Gasteiger partial charge in [-0.25, -0.2) is 4.79 Å². The van der Waals surface area contributed by atoms with Gasteiger partial charge in [-0.3, -0.25) is 9.59 Å². The molecular formula is C23H19N3O7S. The summed E-state index contributed by atoms with van der Waals surface area (Å²) in [6.07, 6.45) is 1.20. The number of furan rings is 1. The van der Waals surface area contributed by atoms with E-state index in [9.17, 15) is 14.4 Å². The molecule has 4 rings (SSSR count). The van der Waals surface area contributed by atoms with Crippen molar-refractivity contribution in [3.05, 3.63) is 65.6 Å². The number of aliphatic carboxylic acids is 1. The van der Waals surface area contributed by atoms with Gasteiger partial charge in [-0.1, -0.05) is 42.1 Å². The zero-order valence-electron chi connectivity index (χ0n) is 17.9. The molecule has 1 amide bonds. The van der Waals surface area contributed by atoms with Crippen molar-refractivity contribution in [3.8, 4) is 5.75 Å². The van der Waals surface area contributed by atoms with Crippen LogP contribution < -0.4 is 10.1 Å². The summed E-state index contributed by atoms with van der Waals surface area (Å²) in [5, 5.41) is 20.8. The first-order chi connectivity index (χ1) is 16.4. The van der Waals surface area contributed by atoms with E-state index in [0.29, 0.717) is 17.1 Å². The Morgan fingerprint density at radius 2 is 2.03 bits per heavy atom. The number of carboxylic acids is 1. The molecular weight excluding hydrogens is 462 g/mol. The number of esters is 1. The van der Waals surface area contributed by atoms with Crippen LogP contribution in [0.4, 0.5) is 0 Å². The number of carbonyl (C=O) groups is 3. The van der Waals surface area contributed by atoms with E-state index >= 15 is 0 Å². The summed E-state index contributed by atoms with van der Waals surface area (Å²) in [6, 6.07) is 14.5. The molecule has 1 atom stereocenters. The SMILES string of the molecule is COC(=O)c1ccc(COc2ccc3ccccc3c2C=NN=C2NC(=O)C(CC(=O)O)S2)o1. The van der Waals surface area contributed by atoms with Gasteiger partial charge in [-0.15, -0.1) is 5.10 Å². The number of amides is 1. The van der Waals surface area contributed by atoms with Crippen molar-refractivity contribution in [1.82, 2.24) is 5.32 Å². The number of hydrogen-bond donors (Lipinski definition) is 2. The molecule has 1 aliphatic heterocycles. The normalized spacial score (nSPS) is 16.8. The average Bonchev–Trinajstić information content (AvgIpc) is 3.44. The van der Waals surface area contributed by atoms with Gasteiger partial charge >= 0.3 is 11.9 Å². The Hall–Kier alpha value is -4.12. The van der Waals surface area contributed by atoms with Gasteiger partial charge in [0.25, 0.3) is 0 Å². The molecule has 2 aromatic carbocycles. The molecule has 1 fully saturated rings. The molecule has 1 aromatic heterocycles. The number of thioether (sulfide) groups is 1. The third kappa shape index (κ3) is 5.26. The molecule has 0 bridgehead atoms. The average molecular weight is 481 g/mol. The molecule has 1 aliphatic rings. The lowest BCUT2D eigenvalue weighted by Crippen LogP contribution is -2.26. The van der Waals surface area contributed by atoms with Crippen molar-refractivity contribution in [2.75, 3.05) is 7.11 Å². The molecule has 0 aliphatic carbocycles. The predicted octanol–water partition coefficient (Wildman–Crippen LogP) is 3.19.